The fourth-order valence-electron chi connectivity index (χ4n) is 3.68. The maximum absolute atomic E-state index is 13.3. The van der Waals surface area contributed by atoms with Crippen LogP contribution in [0, 0.1) is 0 Å². The molecule has 32 heavy (non-hydrogen) atoms. The van der Waals surface area contributed by atoms with Crippen molar-refractivity contribution in [1.29, 1.82) is 0 Å². The Morgan fingerprint density at radius 3 is 1.94 bits per heavy atom. The van der Waals surface area contributed by atoms with Crippen LogP contribution in [0.3, 0.4) is 0 Å². The number of allylic oxidation sites excluding steroid dienone is 2. The van der Waals surface area contributed by atoms with Gasteiger partial charge in [0.25, 0.3) is 0 Å². The summed E-state index contributed by atoms with van der Waals surface area (Å²) in [5.41, 5.74) is 5.12. The second kappa shape index (κ2) is 10.8. The third-order valence-electron chi connectivity index (χ3n) is 5.39. The summed E-state index contributed by atoms with van der Waals surface area (Å²) >= 11 is 1.65. The summed E-state index contributed by atoms with van der Waals surface area (Å²) in [6.45, 7) is 0. The van der Waals surface area contributed by atoms with Gasteiger partial charge in [-0.3, -0.25) is 4.79 Å². The number of hydroxylamine groups is 1. The molecule has 1 aliphatic carbocycles. The van der Waals surface area contributed by atoms with Crippen LogP contribution in [0.2, 0.25) is 0 Å². The average molecular weight is 444 g/mol. The number of nitrogens with one attached hydrogen (secondary N) is 1. The van der Waals surface area contributed by atoms with Crippen LogP contribution < -0.4 is 5.48 Å². The Morgan fingerprint density at radius 2 is 1.28 bits per heavy atom. The van der Waals surface area contributed by atoms with Gasteiger partial charge < -0.3 is 4.84 Å². The number of hydrogen-bond acceptors (Lipinski definition) is 5. The predicted molar refractivity (Wildman–Crippen MR) is 126 cm³/mol. The Balaban J connectivity index is 1.50. The SMILES string of the molecule is O=C(ONC(C(=O)c1ccc(Sc2ccccc2)cc1)=C1CCCCC1)c1ccccc1. The lowest BCUT2D eigenvalue weighted by Gasteiger charge is -2.19. The van der Waals surface area contributed by atoms with Gasteiger partial charge in [-0.2, -0.15) is 0 Å². The van der Waals surface area contributed by atoms with E-state index in [9.17, 15) is 9.59 Å². The Hall–Kier alpha value is -3.31. The zero-order valence-corrected chi connectivity index (χ0v) is 18.6. The van der Waals surface area contributed by atoms with Crippen LogP contribution in [0.25, 0.3) is 0 Å². The molecule has 0 aromatic heterocycles. The van der Waals surface area contributed by atoms with Gasteiger partial charge in [-0.15, -0.1) is 0 Å². The van der Waals surface area contributed by atoms with Crippen LogP contribution in [-0.4, -0.2) is 11.8 Å². The average Bonchev–Trinajstić information content (AvgIpc) is 2.86. The number of carbonyl (C=O) groups excluding carboxylic acids is 2. The molecule has 5 heteroatoms. The summed E-state index contributed by atoms with van der Waals surface area (Å²) in [7, 11) is 0. The topological polar surface area (TPSA) is 55.4 Å². The van der Waals surface area contributed by atoms with Gasteiger partial charge in [0.1, 0.15) is 5.70 Å². The summed E-state index contributed by atoms with van der Waals surface area (Å²) in [6.07, 6.45) is 4.89. The standard InChI is InChI=1S/C27H25NO3S/c29-26(21-16-18-24(19-17-21)32-23-14-8-3-9-15-23)25(20-10-4-1-5-11-20)28-31-27(30)22-12-6-2-7-13-22/h2-3,6-9,12-19,28H,1,4-5,10-11H2. The quantitative estimate of drug-likeness (QED) is 0.253. The van der Waals surface area contributed by atoms with Crippen molar-refractivity contribution in [3.63, 3.8) is 0 Å². The van der Waals surface area contributed by atoms with E-state index in [2.05, 4.69) is 17.6 Å². The minimum Gasteiger partial charge on any atom is -0.338 e. The summed E-state index contributed by atoms with van der Waals surface area (Å²) in [5.74, 6) is -0.666. The lowest BCUT2D eigenvalue weighted by atomic mass is 9.91. The van der Waals surface area contributed by atoms with E-state index in [0.29, 0.717) is 16.8 Å². The molecule has 0 amide bonds. The second-order valence-electron chi connectivity index (χ2n) is 7.67. The van der Waals surface area contributed by atoms with E-state index in [-0.39, 0.29) is 5.78 Å². The maximum Gasteiger partial charge on any atom is 0.362 e. The molecule has 0 unspecified atom stereocenters. The highest BCUT2D eigenvalue weighted by Gasteiger charge is 2.21. The molecular weight excluding hydrogens is 418 g/mol. The fourth-order valence-corrected chi connectivity index (χ4v) is 4.52. The van der Waals surface area contributed by atoms with Crippen LogP contribution in [0.1, 0.15) is 52.8 Å². The third kappa shape index (κ3) is 5.68. The molecule has 1 N–H and O–H groups in total. The van der Waals surface area contributed by atoms with Crippen LogP contribution >= 0.6 is 11.8 Å². The van der Waals surface area contributed by atoms with Crippen LogP contribution in [0.15, 0.2) is 106 Å². The number of carbonyl (C=O) groups is 2. The summed E-state index contributed by atoms with van der Waals surface area (Å²) in [5, 5.41) is 0. The van der Waals surface area contributed by atoms with E-state index in [1.807, 2.05) is 48.5 Å². The monoisotopic (exact) mass is 443 g/mol. The van der Waals surface area contributed by atoms with Gasteiger partial charge >= 0.3 is 5.97 Å². The molecule has 0 bridgehead atoms. The third-order valence-corrected chi connectivity index (χ3v) is 6.40. The first-order valence-corrected chi connectivity index (χ1v) is 11.6. The molecule has 0 radical (unpaired) electrons. The van der Waals surface area contributed by atoms with Gasteiger partial charge in [-0.05, 0) is 79.8 Å². The molecule has 4 nitrogen and oxygen atoms in total. The van der Waals surface area contributed by atoms with Crippen LogP contribution in [0.5, 0.6) is 0 Å². The molecule has 1 fully saturated rings. The molecule has 1 saturated carbocycles. The van der Waals surface area contributed by atoms with Crippen LogP contribution in [-0.2, 0) is 4.84 Å². The van der Waals surface area contributed by atoms with Crippen molar-refractivity contribution >= 4 is 23.5 Å². The van der Waals surface area contributed by atoms with E-state index in [1.54, 1.807) is 36.0 Å². The molecule has 0 aliphatic heterocycles. The largest absolute Gasteiger partial charge is 0.362 e. The molecular formula is C27H25NO3S. The highest BCUT2D eigenvalue weighted by atomic mass is 32.2. The van der Waals surface area contributed by atoms with E-state index in [0.717, 1.165) is 47.5 Å². The molecule has 162 valence electrons. The molecule has 0 heterocycles. The molecule has 0 saturated heterocycles. The summed E-state index contributed by atoms with van der Waals surface area (Å²) < 4.78 is 0. The van der Waals surface area contributed by atoms with Gasteiger partial charge in [0.2, 0.25) is 5.78 Å². The van der Waals surface area contributed by atoms with E-state index < -0.39 is 5.97 Å². The van der Waals surface area contributed by atoms with Gasteiger partial charge in [0.05, 0.1) is 5.56 Å². The first-order chi connectivity index (χ1) is 15.7. The highest BCUT2D eigenvalue weighted by molar-refractivity contribution is 7.99. The van der Waals surface area contributed by atoms with Crippen molar-refractivity contribution in [1.82, 2.24) is 5.48 Å². The first kappa shape index (κ1) is 21.9. The van der Waals surface area contributed by atoms with Gasteiger partial charge in [-0.1, -0.05) is 54.6 Å². The van der Waals surface area contributed by atoms with Crippen molar-refractivity contribution in [2.75, 3.05) is 0 Å². The smallest absolute Gasteiger partial charge is 0.338 e. The van der Waals surface area contributed by atoms with Crippen molar-refractivity contribution in [2.45, 2.75) is 41.9 Å². The van der Waals surface area contributed by atoms with E-state index >= 15 is 0 Å². The van der Waals surface area contributed by atoms with E-state index in [4.69, 9.17) is 4.84 Å². The summed E-state index contributed by atoms with van der Waals surface area (Å²) in [4.78, 5) is 33.3. The van der Waals surface area contributed by atoms with Gasteiger partial charge in [-0.25, -0.2) is 10.3 Å². The Kier molecular flexibility index (Phi) is 7.41. The molecule has 1 aliphatic rings. The van der Waals surface area contributed by atoms with Crippen molar-refractivity contribution < 1.29 is 14.4 Å². The molecule has 4 rings (SSSR count). The Bertz CT molecular complexity index is 1080. The molecule has 3 aromatic rings. The summed E-state index contributed by atoms with van der Waals surface area (Å²) in [6, 6.07) is 26.4. The van der Waals surface area contributed by atoms with E-state index in [1.165, 1.54) is 0 Å². The first-order valence-electron chi connectivity index (χ1n) is 10.8. The number of benzene rings is 3. The van der Waals surface area contributed by atoms with Crippen molar-refractivity contribution in [2.24, 2.45) is 0 Å². The fraction of sp³-hybridized carbons (Fsp3) is 0.185. The zero-order valence-electron chi connectivity index (χ0n) is 17.8. The normalized spacial score (nSPS) is 13.3. The number of ketones is 1. The number of hydrogen-bond donors (Lipinski definition) is 1. The molecule has 3 aromatic carbocycles. The lowest BCUT2D eigenvalue weighted by Crippen LogP contribution is -2.27. The molecule has 0 spiro atoms. The minimum absolute atomic E-state index is 0.154. The Morgan fingerprint density at radius 1 is 0.688 bits per heavy atom. The second-order valence-corrected chi connectivity index (χ2v) is 8.81. The molecule has 0 atom stereocenters. The predicted octanol–water partition coefficient (Wildman–Crippen LogP) is 6.60. The Labute approximate surface area is 192 Å². The minimum atomic E-state index is -0.512. The highest BCUT2D eigenvalue weighted by Crippen LogP contribution is 2.29. The lowest BCUT2D eigenvalue weighted by molar-refractivity contribution is 0.0317. The number of rotatable bonds is 7. The van der Waals surface area contributed by atoms with Gasteiger partial charge in [0.15, 0.2) is 0 Å². The zero-order chi connectivity index (χ0) is 22.2. The van der Waals surface area contributed by atoms with Crippen molar-refractivity contribution in [3.8, 4) is 0 Å². The van der Waals surface area contributed by atoms with Crippen LogP contribution in [0.4, 0.5) is 0 Å². The van der Waals surface area contributed by atoms with Crippen molar-refractivity contribution in [3.05, 3.63) is 107 Å². The van der Waals surface area contributed by atoms with Gasteiger partial charge in [0, 0.05) is 15.4 Å². The maximum atomic E-state index is 13.3. The number of Topliss-reactive ketones (excluding diaryl/α,β-unsaturated/α-hetero) is 1.